The third-order valence-corrected chi connectivity index (χ3v) is 7.94. The molecule has 3 heterocycles. The molecule has 1 saturated heterocycles. The number of halogens is 1. The first-order chi connectivity index (χ1) is 18.6. The van der Waals surface area contributed by atoms with Crippen LogP contribution in [0.15, 0.2) is 59.8 Å². The van der Waals surface area contributed by atoms with Gasteiger partial charge >= 0.3 is 0 Å². The van der Waals surface area contributed by atoms with Crippen LogP contribution in [0.4, 0.5) is 16.0 Å². The van der Waals surface area contributed by atoms with E-state index in [0.29, 0.717) is 24.5 Å². The molecule has 1 aliphatic heterocycles. The van der Waals surface area contributed by atoms with Gasteiger partial charge in [-0.05, 0) is 44.2 Å². The Kier molecular flexibility index (Phi) is 7.23. The van der Waals surface area contributed by atoms with Crippen molar-refractivity contribution in [2.75, 3.05) is 42.8 Å². The van der Waals surface area contributed by atoms with Crippen LogP contribution in [0.25, 0.3) is 11.3 Å². The molecule has 10 nitrogen and oxygen atoms in total. The van der Waals surface area contributed by atoms with Gasteiger partial charge in [-0.1, -0.05) is 24.3 Å². The van der Waals surface area contributed by atoms with E-state index in [-0.39, 0.29) is 22.5 Å². The number of likely N-dealkylation sites (N-methyl/N-ethyl adjacent to an activating group) is 1. The van der Waals surface area contributed by atoms with Gasteiger partial charge in [0.05, 0.1) is 17.6 Å². The molecule has 5 rings (SSSR count). The van der Waals surface area contributed by atoms with Gasteiger partial charge in [-0.25, -0.2) is 22.5 Å². The molecule has 1 fully saturated rings. The van der Waals surface area contributed by atoms with E-state index >= 15 is 4.39 Å². The average Bonchev–Trinajstić information content (AvgIpc) is 3.33. The Morgan fingerprint density at radius 2 is 1.67 bits per heavy atom. The third kappa shape index (κ3) is 5.71. The number of benzene rings is 2. The molecular weight excluding hydrogens is 521 g/mol. The molecule has 2 aromatic heterocycles. The Labute approximate surface area is 227 Å². The number of aryl methyl sites for hydroxylation is 3. The van der Waals surface area contributed by atoms with Gasteiger partial charge in [0, 0.05) is 51.1 Å². The smallest absolute Gasteiger partial charge is 0.267 e. The van der Waals surface area contributed by atoms with Crippen LogP contribution in [0.1, 0.15) is 11.1 Å². The Morgan fingerprint density at radius 3 is 2.33 bits per heavy atom. The fraction of sp³-hybridized carbons (Fsp3) is 0.296. The normalized spacial score (nSPS) is 14.4. The minimum atomic E-state index is -4.03. The summed E-state index contributed by atoms with van der Waals surface area (Å²) in [6.07, 6.45) is 2.60. The lowest BCUT2D eigenvalue weighted by atomic mass is 10.00. The van der Waals surface area contributed by atoms with Crippen LogP contribution in [0.2, 0.25) is 0 Å². The van der Waals surface area contributed by atoms with E-state index in [9.17, 15) is 8.42 Å². The molecule has 0 saturated carbocycles. The van der Waals surface area contributed by atoms with Gasteiger partial charge in [0.25, 0.3) is 10.0 Å². The van der Waals surface area contributed by atoms with E-state index < -0.39 is 15.8 Å². The minimum absolute atomic E-state index is 0.000896. The van der Waals surface area contributed by atoms with E-state index in [4.69, 9.17) is 4.74 Å². The van der Waals surface area contributed by atoms with Crippen molar-refractivity contribution >= 4 is 21.7 Å². The first-order valence-corrected chi connectivity index (χ1v) is 14.0. The van der Waals surface area contributed by atoms with Crippen molar-refractivity contribution in [3.63, 3.8) is 0 Å². The van der Waals surface area contributed by atoms with Crippen LogP contribution in [0.5, 0.6) is 11.6 Å². The maximum atomic E-state index is 15.6. The summed E-state index contributed by atoms with van der Waals surface area (Å²) in [6, 6.07) is 12.4. The number of nitrogens with one attached hydrogen (secondary N) is 1. The maximum absolute atomic E-state index is 15.6. The van der Waals surface area contributed by atoms with Crippen LogP contribution < -0.4 is 14.4 Å². The summed E-state index contributed by atoms with van der Waals surface area (Å²) in [7, 11) is -0.377. The topological polar surface area (TPSA) is 105 Å². The molecule has 1 N–H and O–H groups in total. The summed E-state index contributed by atoms with van der Waals surface area (Å²) in [5.74, 6) is -0.726. The highest BCUT2D eigenvalue weighted by molar-refractivity contribution is 7.92. The molecule has 12 heteroatoms. The van der Waals surface area contributed by atoms with Gasteiger partial charge in [0.1, 0.15) is 4.90 Å². The highest BCUT2D eigenvalue weighted by Crippen LogP contribution is 2.34. The molecular formula is C27H30FN7O3S. The average molecular weight is 552 g/mol. The number of nitrogens with zero attached hydrogens (tertiary/aromatic N) is 6. The zero-order valence-corrected chi connectivity index (χ0v) is 23.0. The van der Waals surface area contributed by atoms with E-state index in [1.807, 2.05) is 44.0 Å². The second kappa shape index (κ2) is 10.6. The van der Waals surface area contributed by atoms with E-state index in [1.165, 1.54) is 23.1 Å². The summed E-state index contributed by atoms with van der Waals surface area (Å²) < 4.78 is 51.4. The predicted molar refractivity (Wildman–Crippen MR) is 147 cm³/mol. The molecule has 0 amide bonds. The number of anilines is 2. The molecule has 0 spiro atoms. The zero-order valence-electron chi connectivity index (χ0n) is 22.2. The lowest BCUT2D eigenvalue weighted by Gasteiger charge is -2.34. The van der Waals surface area contributed by atoms with Crippen LogP contribution in [-0.4, -0.2) is 66.3 Å². The van der Waals surface area contributed by atoms with E-state index in [1.54, 1.807) is 25.2 Å². The Hall–Kier alpha value is -4.03. The number of sulfonamides is 1. The summed E-state index contributed by atoms with van der Waals surface area (Å²) in [5.41, 5.74) is 3.56. The maximum Gasteiger partial charge on any atom is 0.267 e. The van der Waals surface area contributed by atoms with Crippen LogP contribution in [0.3, 0.4) is 0 Å². The van der Waals surface area contributed by atoms with Gasteiger partial charge in [-0.15, -0.1) is 0 Å². The number of hydrogen-bond donors (Lipinski definition) is 1. The Morgan fingerprint density at radius 1 is 0.974 bits per heavy atom. The summed E-state index contributed by atoms with van der Waals surface area (Å²) in [4.78, 5) is 12.9. The van der Waals surface area contributed by atoms with Gasteiger partial charge in [0.2, 0.25) is 11.8 Å². The number of rotatable bonds is 7. The van der Waals surface area contributed by atoms with E-state index in [2.05, 4.69) is 24.7 Å². The van der Waals surface area contributed by atoms with Gasteiger partial charge < -0.3 is 14.5 Å². The molecule has 4 aromatic rings. The van der Waals surface area contributed by atoms with Crippen molar-refractivity contribution < 1.29 is 17.5 Å². The quantitative estimate of drug-likeness (QED) is 0.368. The number of hydrogen-bond acceptors (Lipinski definition) is 8. The molecule has 39 heavy (non-hydrogen) atoms. The highest BCUT2D eigenvalue weighted by atomic mass is 32.2. The molecule has 0 radical (unpaired) electrons. The third-order valence-electron chi connectivity index (χ3n) is 6.66. The fourth-order valence-electron chi connectivity index (χ4n) is 4.57. The van der Waals surface area contributed by atoms with E-state index in [0.717, 1.165) is 29.8 Å². The largest absolute Gasteiger partial charge is 0.436 e. The summed E-state index contributed by atoms with van der Waals surface area (Å²) in [5, 5.41) is 3.93. The van der Waals surface area contributed by atoms with Crippen molar-refractivity contribution in [3.05, 3.63) is 71.8 Å². The lowest BCUT2D eigenvalue weighted by Crippen LogP contribution is -2.44. The number of ether oxygens (including phenoxy) is 1. The van der Waals surface area contributed by atoms with Crippen molar-refractivity contribution in [1.82, 2.24) is 24.6 Å². The molecule has 0 atom stereocenters. The number of piperazine rings is 1. The van der Waals surface area contributed by atoms with Crippen molar-refractivity contribution in [1.29, 1.82) is 0 Å². The summed E-state index contributed by atoms with van der Waals surface area (Å²) in [6.45, 7) is 6.92. The minimum Gasteiger partial charge on any atom is -0.436 e. The van der Waals surface area contributed by atoms with Crippen molar-refractivity contribution in [3.8, 4) is 22.9 Å². The van der Waals surface area contributed by atoms with Gasteiger partial charge in [-0.3, -0.25) is 4.68 Å². The van der Waals surface area contributed by atoms with Crippen molar-refractivity contribution in [2.45, 2.75) is 18.7 Å². The highest BCUT2D eigenvalue weighted by Gasteiger charge is 2.23. The number of aromatic nitrogens is 4. The Balaban J connectivity index is 1.54. The van der Waals surface area contributed by atoms with Crippen molar-refractivity contribution in [2.24, 2.45) is 7.05 Å². The first-order valence-electron chi connectivity index (χ1n) is 12.5. The van der Waals surface area contributed by atoms with Gasteiger partial charge in [-0.2, -0.15) is 10.1 Å². The molecule has 0 unspecified atom stereocenters. The second-order valence-electron chi connectivity index (χ2n) is 9.62. The second-order valence-corrected chi connectivity index (χ2v) is 11.3. The van der Waals surface area contributed by atoms with Gasteiger partial charge in [0.15, 0.2) is 11.6 Å². The van der Waals surface area contributed by atoms with Crippen LogP contribution in [-0.2, 0) is 17.1 Å². The molecule has 0 aliphatic carbocycles. The first kappa shape index (κ1) is 26.6. The SMILES string of the molecule is Cc1cccc(C)c1-c1cc(Oc2cccc(N3CCN(C)CC3)c2F)nc(NS(=O)(=O)c2cnn(C)c2)n1. The van der Waals surface area contributed by atoms with Crippen LogP contribution >= 0.6 is 0 Å². The standard InChI is InChI=1S/C27H30FN7O3S/c1-18-7-5-8-19(2)25(18)21-15-24(31-27(30-21)32-39(36,37)20-16-29-34(4)17-20)38-23-10-6-9-22(26(23)28)35-13-11-33(3)12-14-35/h5-10,15-17H,11-14H2,1-4H3,(H,30,31,32). The fourth-order valence-corrected chi connectivity index (χ4v) is 5.50. The Bertz CT molecular complexity index is 1600. The molecule has 1 aliphatic rings. The zero-order chi connectivity index (χ0) is 27.7. The van der Waals surface area contributed by atoms with Crippen LogP contribution in [0, 0.1) is 19.7 Å². The summed E-state index contributed by atoms with van der Waals surface area (Å²) >= 11 is 0. The molecule has 2 aromatic carbocycles. The molecule has 0 bridgehead atoms. The molecule has 204 valence electrons. The monoisotopic (exact) mass is 551 g/mol. The lowest BCUT2D eigenvalue weighted by molar-refractivity contribution is 0.311. The predicted octanol–water partition coefficient (Wildman–Crippen LogP) is 3.98.